The quantitative estimate of drug-likeness (QED) is 0.561. The molecule has 3 N–H and O–H groups in total. The lowest BCUT2D eigenvalue weighted by atomic mass is 10.1. The number of amides is 1. The summed E-state index contributed by atoms with van der Waals surface area (Å²) in [6.07, 6.45) is 4.03. The molecule has 1 amide bonds. The monoisotopic (exact) mass is 269 g/mol. The summed E-state index contributed by atoms with van der Waals surface area (Å²) in [5.41, 5.74) is 0.669. The molecular weight excluding hydrogens is 250 g/mol. The molecule has 0 saturated carbocycles. The molecule has 0 aliphatic rings. The number of nitrogens with zero attached hydrogens (tertiary/aromatic N) is 1. The predicted molar refractivity (Wildman–Crippen MR) is 67.6 cm³/mol. The van der Waals surface area contributed by atoms with Gasteiger partial charge in [-0.1, -0.05) is 0 Å². The Morgan fingerprint density at radius 2 is 2.37 bits per heavy atom. The Balaban J connectivity index is 2.36. The van der Waals surface area contributed by atoms with E-state index in [1.165, 1.54) is 12.5 Å². The zero-order valence-electron chi connectivity index (χ0n) is 10.9. The number of hydrogen-bond donors (Lipinski definition) is 3. The molecule has 7 nitrogen and oxygen atoms in total. The van der Waals surface area contributed by atoms with Crippen LogP contribution in [0.3, 0.4) is 0 Å². The predicted octanol–water partition coefficient (Wildman–Crippen LogP) is 0.338. The van der Waals surface area contributed by atoms with E-state index in [1.54, 1.807) is 0 Å². The zero-order chi connectivity index (χ0) is 14.1. The molecule has 1 aromatic heterocycles. The van der Waals surface area contributed by atoms with Crippen molar-refractivity contribution in [1.82, 2.24) is 15.3 Å². The standard InChI is InChI=1S/C12H19N3O4/c1-2-19-5-3-4-11(16)15-10(12(17)18)6-9-7-13-8-14-9/h7-8,10H,2-6H2,1H3,(H,13,14)(H,15,16)(H,17,18)/t10-/m1/s1. The third-order valence-electron chi connectivity index (χ3n) is 2.51. The number of nitrogens with one attached hydrogen (secondary N) is 2. The van der Waals surface area contributed by atoms with E-state index >= 15 is 0 Å². The largest absolute Gasteiger partial charge is 0.480 e. The van der Waals surface area contributed by atoms with Crippen molar-refractivity contribution in [2.45, 2.75) is 32.2 Å². The van der Waals surface area contributed by atoms with Crippen molar-refractivity contribution in [2.75, 3.05) is 13.2 Å². The van der Waals surface area contributed by atoms with Crippen LogP contribution in [0.15, 0.2) is 12.5 Å². The molecule has 0 aromatic carbocycles. The fourth-order valence-corrected chi connectivity index (χ4v) is 1.56. The molecule has 0 aliphatic heterocycles. The van der Waals surface area contributed by atoms with Crippen LogP contribution in [0.1, 0.15) is 25.5 Å². The van der Waals surface area contributed by atoms with Crippen LogP contribution >= 0.6 is 0 Å². The Morgan fingerprint density at radius 3 is 2.95 bits per heavy atom. The third kappa shape index (κ3) is 6.01. The van der Waals surface area contributed by atoms with E-state index in [4.69, 9.17) is 9.84 Å². The number of carbonyl (C=O) groups is 2. The number of imidazole rings is 1. The summed E-state index contributed by atoms with van der Waals surface area (Å²) in [5, 5.41) is 11.5. The van der Waals surface area contributed by atoms with Crippen molar-refractivity contribution in [3.05, 3.63) is 18.2 Å². The minimum atomic E-state index is -1.06. The van der Waals surface area contributed by atoms with Gasteiger partial charge in [0.1, 0.15) is 6.04 Å². The first-order chi connectivity index (χ1) is 9.13. The van der Waals surface area contributed by atoms with Crippen LogP contribution in [-0.4, -0.2) is 46.2 Å². The Morgan fingerprint density at radius 1 is 1.58 bits per heavy atom. The highest BCUT2D eigenvalue weighted by atomic mass is 16.5. The summed E-state index contributed by atoms with van der Waals surface area (Å²) in [4.78, 5) is 29.3. The molecular formula is C12H19N3O4. The van der Waals surface area contributed by atoms with Gasteiger partial charge in [0.05, 0.1) is 6.33 Å². The van der Waals surface area contributed by atoms with Crippen LogP contribution in [0.4, 0.5) is 0 Å². The number of aromatic nitrogens is 2. The van der Waals surface area contributed by atoms with Crippen molar-refractivity contribution in [3.63, 3.8) is 0 Å². The van der Waals surface area contributed by atoms with Crippen LogP contribution in [0.2, 0.25) is 0 Å². The van der Waals surface area contributed by atoms with Gasteiger partial charge in [0.25, 0.3) is 0 Å². The molecule has 1 rings (SSSR count). The highest BCUT2D eigenvalue weighted by Gasteiger charge is 2.20. The highest BCUT2D eigenvalue weighted by Crippen LogP contribution is 2.00. The summed E-state index contributed by atoms with van der Waals surface area (Å²) >= 11 is 0. The van der Waals surface area contributed by atoms with E-state index in [0.29, 0.717) is 25.3 Å². The van der Waals surface area contributed by atoms with E-state index in [2.05, 4.69) is 15.3 Å². The molecule has 106 valence electrons. The molecule has 0 fully saturated rings. The Hall–Kier alpha value is -1.89. The van der Waals surface area contributed by atoms with Crippen LogP contribution in [0.5, 0.6) is 0 Å². The van der Waals surface area contributed by atoms with Crippen LogP contribution in [0, 0.1) is 0 Å². The summed E-state index contributed by atoms with van der Waals surface area (Å²) in [6.45, 7) is 2.99. The van der Waals surface area contributed by atoms with Crippen molar-refractivity contribution in [3.8, 4) is 0 Å². The van der Waals surface area contributed by atoms with E-state index in [9.17, 15) is 9.59 Å². The minimum Gasteiger partial charge on any atom is -0.480 e. The number of ether oxygens (including phenoxy) is 1. The molecule has 1 heterocycles. The van der Waals surface area contributed by atoms with E-state index in [0.717, 1.165) is 0 Å². The number of aliphatic carboxylic acids is 1. The molecule has 0 bridgehead atoms. The van der Waals surface area contributed by atoms with Crippen molar-refractivity contribution < 1.29 is 19.4 Å². The topological polar surface area (TPSA) is 104 Å². The van der Waals surface area contributed by atoms with Gasteiger partial charge >= 0.3 is 5.97 Å². The number of carboxylic acid groups (broad SMARTS) is 1. The Kier molecular flexibility index (Phi) is 6.59. The lowest BCUT2D eigenvalue weighted by molar-refractivity contribution is -0.141. The molecule has 0 radical (unpaired) electrons. The SMILES string of the molecule is CCOCCCC(=O)N[C@H](Cc1cnc[nH]1)C(=O)O. The molecule has 19 heavy (non-hydrogen) atoms. The van der Waals surface area contributed by atoms with Gasteiger partial charge in [-0.15, -0.1) is 0 Å². The van der Waals surface area contributed by atoms with Crippen LogP contribution in [-0.2, 0) is 20.7 Å². The maximum atomic E-state index is 11.6. The summed E-state index contributed by atoms with van der Waals surface area (Å²) < 4.78 is 5.11. The summed E-state index contributed by atoms with van der Waals surface area (Å²) in [5.74, 6) is -1.35. The highest BCUT2D eigenvalue weighted by molar-refractivity contribution is 5.83. The second kappa shape index (κ2) is 8.25. The van der Waals surface area contributed by atoms with Gasteiger partial charge in [-0.3, -0.25) is 4.79 Å². The molecule has 1 atom stereocenters. The minimum absolute atomic E-state index is 0.187. The second-order valence-electron chi connectivity index (χ2n) is 4.04. The fraction of sp³-hybridized carbons (Fsp3) is 0.583. The molecule has 7 heteroatoms. The van der Waals surface area contributed by atoms with Gasteiger partial charge in [0.15, 0.2) is 0 Å². The van der Waals surface area contributed by atoms with Gasteiger partial charge < -0.3 is 20.1 Å². The van der Waals surface area contributed by atoms with E-state index < -0.39 is 12.0 Å². The number of rotatable bonds is 9. The lowest BCUT2D eigenvalue weighted by Gasteiger charge is -2.13. The van der Waals surface area contributed by atoms with Crippen molar-refractivity contribution in [2.24, 2.45) is 0 Å². The molecule has 0 spiro atoms. The third-order valence-corrected chi connectivity index (χ3v) is 2.51. The normalized spacial score (nSPS) is 12.1. The summed E-state index contributed by atoms with van der Waals surface area (Å²) in [6, 6.07) is -0.944. The number of carbonyl (C=O) groups excluding carboxylic acids is 1. The fourth-order valence-electron chi connectivity index (χ4n) is 1.56. The Labute approximate surface area is 111 Å². The Bertz CT molecular complexity index is 392. The lowest BCUT2D eigenvalue weighted by Crippen LogP contribution is -2.42. The zero-order valence-corrected chi connectivity index (χ0v) is 10.9. The molecule has 1 aromatic rings. The molecule has 0 saturated heterocycles. The van der Waals surface area contributed by atoms with E-state index in [1.807, 2.05) is 6.92 Å². The smallest absolute Gasteiger partial charge is 0.326 e. The second-order valence-corrected chi connectivity index (χ2v) is 4.04. The first-order valence-corrected chi connectivity index (χ1v) is 6.20. The molecule has 0 unspecified atom stereocenters. The number of carboxylic acids is 1. The van der Waals surface area contributed by atoms with Gasteiger partial charge in [0.2, 0.25) is 5.91 Å². The first-order valence-electron chi connectivity index (χ1n) is 6.20. The molecule has 0 aliphatic carbocycles. The average Bonchev–Trinajstić information content (AvgIpc) is 2.86. The maximum absolute atomic E-state index is 11.6. The van der Waals surface area contributed by atoms with Gasteiger partial charge in [-0.2, -0.15) is 0 Å². The van der Waals surface area contributed by atoms with Gasteiger partial charge in [-0.25, -0.2) is 9.78 Å². The number of aromatic amines is 1. The number of hydrogen-bond acceptors (Lipinski definition) is 4. The van der Waals surface area contributed by atoms with Crippen LogP contribution < -0.4 is 5.32 Å². The van der Waals surface area contributed by atoms with Crippen molar-refractivity contribution in [1.29, 1.82) is 0 Å². The first kappa shape index (κ1) is 15.2. The van der Waals surface area contributed by atoms with Gasteiger partial charge in [0, 0.05) is 37.9 Å². The number of H-pyrrole nitrogens is 1. The van der Waals surface area contributed by atoms with Gasteiger partial charge in [-0.05, 0) is 13.3 Å². The maximum Gasteiger partial charge on any atom is 0.326 e. The summed E-state index contributed by atoms with van der Waals surface area (Å²) in [7, 11) is 0. The van der Waals surface area contributed by atoms with E-state index in [-0.39, 0.29) is 18.7 Å². The average molecular weight is 269 g/mol. The van der Waals surface area contributed by atoms with Crippen LogP contribution in [0.25, 0.3) is 0 Å². The van der Waals surface area contributed by atoms with Crippen molar-refractivity contribution >= 4 is 11.9 Å².